The van der Waals surface area contributed by atoms with Gasteiger partial charge in [-0.2, -0.15) is 0 Å². The second-order valence-electron chi connectivity index (χ2n) is 4.13. The molecule has 0 aromatic rings. The van der Waals surface area contributed by atoms with Gasteiger partial charge in [0, 0.05) is 13.1 Å². The number of rotatable bonds is 5. The Balaban J connectivity index is 2.49. The van der Waals surface area contributed by atoms with Crippen molar-refractivity contribution in [3.8, 4) is 0 Å². The summed E-state index contributed by atoms with van der Waals surface area (Å²) in [4.78, 5) is 13.6. The standard InChI is InChI=1S/C11H22N2O3/c14-8-6-13(7-9-15)11(16)10-4-2-1-3-5-12-10/h10,12,14-15H,1-9H2. The third-order valence-corrected chi connectivity index (χ3v) is 2.91. The molecule has 1 fully saturated rings. The minimum Gasteiger partial charge on any atom is -0.395 e. The number of nitrogens with zero attached hydrogens (tertiary/aromatic N) is 1. The number of nitrogens with one attached hydrogen (secondary N) is 1. The van der Waals surface area contributed by atoms with E-state index in [1.807, 2.05) is 0 Å². The fourth-order valence-electron chi connectivity index (χ4n) is 2.03. The molecule has 1 amide bonds. The highest BCUT2D eigenvalue weighted by molar-refractivity contribution is 5.81. The Morgan fingerprint density at radius 3 is 2.50 bits per heavy atom. The van der Waals surface area contributed by atoms with Crippen LogP contribution < -0.4 is 5.32 Å². The Morgan fingerprint density at radius 1 is 1.19 bits per heavy atom. The van der Waals surface area contributed by atoms with Gasteiger partial charge in [0.25, 0.3) is 0 Å². The van der Waals surface area contributed by atoms with Crippen LogP contribution in [-0.2, 0) is 4.79 Å². The van der Waals surface area contributed by atoms with E-state index in [1.54, 1.807) is 0 Å². The summed E-state index contributed by atoms with van der Waals surface area (Å²) in [7, 11) is 0. The fourth-order valence-corrected chi connectivity index (χ4v) is 2.03. The number of hydrogen-bond acceptors (Lipinski definition) is 4. The molecule has 0 aromatic carbocycles. The topological polar surface area (TPSA) is 72.8 Å². The quantitative estimate of drug-likeness (QED) is 0.586. The van der Waals surface area contributed by atoms with Crippen LogP contribution in [0.25, 0.3) is 0 Å². The summed E-state index contributed by atoms with van der Waals surface area (Å²) in [5, 5.41) is 21.0. The molecule has 5 heteroatoms. The summed E-state index contributed by atoms with van der Waals surface area (Å²) in [5.74, 6) is 0.00463. The van der Waals surface area contributed by atoms with Crippen molar-refractivity contribution in [3.05, 3.63) is 0 Å². The maximum Gasteiger partial charge on any atom is 0.239 e. The molecule has 0 radical (unpaired) electrons. The number of amides is 1. The highest BCUT2D eigenvalue weighted by Crippen LogP contribution is 2.10. The molecule has 0 bridgehead atoms. The monoisotopic (exact) mass is 230 g/mol. The highest BCUT2D eigenvalue weighted by atomic mass is 16.3. The molecule has 1 atom stereocenters. The van der Waals surface area contributed by atoms with E-state index in [9.17, 15) is 4.79 Å². The molecule has 1 unspecified atom stereocenters. The van der Waals surface area contributed by atoms with Crippen molar-refractivity contribution in [2.45, 2.75) is 31.7 Å². The second kappa shape index (κ2) is 7.60. The second-order valence-corrected chi connectivity index (χ2v) is 4.13. The lowest BCUT2D eigenvalue weighted by Crippen LogP contribution is -2.48. The maximum atomic E-state index is 12.1. The van der Waals surface area contributed by atoms with Crippen molar-refractivity contribution in [1.29, 1.82) is 0 Å². The molecular formula is C11H22N2O3. The lowest BCUT2D eigenvalue weighted by molar-refractivity contribution is -0.134. The van der Waals surface area contributed by atoms with Crippen LogP contribution in [0.3, 0.4) is 0 Å². The van der Waals surface area contributed by atoms with E-state index >= 15 is 0 Å². The van der Waals surface area contributed by atoms with E-state index in [4.69, 9.17) is 10.2 Å². The highest BCUT2D eigenvalue weighted by Gasteiger charge is 2.24. The van der Waals surface area contributed by atoms with E-state index in [1.165, 1.54) is 4.90 Å². The molecule has 3 N–H and O–H groups in total. The van der Waals surface area contributed by atoms with E-state index in [0.29, 0.717) is 13.1 Å². The molecule has 1 heterocycles. The number of aliphatic hydroxyl groups excluding tert-OH is 2. The summed E-state index contributed by atoms with van der Waals surface area (Å²) in [6.07, 6.45) is 4.20. The molecule has 94 valence electrons. The van der Waals surface area contributed by atoms with Gasteiger partial charge in [-0.3, -0.25) is 4.79 Å². The summed E-state index contributed by atoms with van der Waals surface area (Å²) >= 11 is 0. The summed E-state index contributed by atoms with van der Waals surface area (Å²) < 4.78 is 0. The first-order valence-electron chi connectivity index (χ1n) is 6.03. The van der Waals surface area contributed by atoms with E-state index in [2.05, 4.69) is 5.32 Å². The van der Waals surface area contributed by atoms with E-state index in [0.717, 1.165) is 32.2 Å². The zero-order valence-electron chi connectivity index (χ0n) is 9.69. The molecular weight excluding hydrogens is 208 g/mol. The summed E-state index contributed by atoms with van der Waals surface area (Å²) in [6, 6.07) is -0.138. The van der Waals surface area contributed by atoms with Crippen molar-refractivity contribution in [2.75, 3.05) is 32.8 Å². The molecule has 1 saturated heterocycles. The zero-order valence-corrected chi connectivity index (χ0v) is 9.69. The number of carbonyl (C=O) groups excluding carboxylic acids is 1. The maximum absolute atomic E-state index is 12.1. The van der Waals surface area contributed by atoms with Gasteiger partial charge in [0.1, 0.15) is 0 Å². The summed E-state index contributed by atoms with van der Waals surface area (Å²) in [5.41, 5.74) is 0. The predicted octanol–water partition coefficient (Wildman–Crippen LogP) is -0.668. The number of hydrogen-bond donors (Lipinski definition) is 3. The molecule has 16 heavy (non-hydrogen) atoms. The molecule has 0 aliphatic carbocycles. The average Bonchev–Trinajstić information content (AvgIpc) is 2.56. The molecule has 1 aliphatic rings. The third-order valence-electron chi connectivity index (χ3n) is 2.91. The third kappa shape index (κ3) is 4.08. The van der Waals surface area contributed by atoms with Gasteiger partial charge < -0.3 is 20.4 Å². The van der Waals surface area contributed by atoms with Crippen molar-refractivity contribution in [3.63, 3.8) is 0 Å². The van der Waals surface area contributed by atoms with Gasteiger partial charge in [-0.25, -0.2) is 0 Å². The molecule has 1 rings (SSSR count). The van der Waals surface area contributed by atoms with Crippen molar-refractivity contribution in [2.24, 2.45) is 0 Å². The fraction of sp³-hybridized carbons (Fsp3) is 0.909. The van der Waals surface area contributed by atoms with Crippen LogP contribution in [0, 0.1) is 0 Å². The van der Waals surface area contributed by atoms with E-state index < -0.39 is 0 Å². The molecule has 1 aliphatic heterocycles. The summed E-state index contributed by atoms with van der Waals surface area (Å²) in [6.45, 7) is 1.37. The smallest absolute Gasteiger partial charge is 0.239 e. The molecule has 5 nitrogen and oxygen atoms in total. The normalized spacial score (nSPS) is 21.5. The minimum atomic E-state index is -0.138. The number of aliphatic hydroxyl groups is 2. The van der Waals surface area contributed by atoms with Crippen LogP contribution in [0.15, 0.2) is 0 Å². The van der Waals surface area contributed by atoms with Crippen LogP contribution in [0.4, 0.5) is 0 Å². The van der Waals surface area contributed by atoms with Crippen molar-refractivity contribution >= 4 is 5.91 Å². The van der Waals surface area contributed by atoms with Gasteiger partial charge in [0.05, 0.1) is 19.3 Å². The Hall–Kier alpha value is -0.650. The Morgan fingerprint density at radius 2 is 1.88 bits per heavy atom. The Kier molecular flexibility index (Phi) is 6.37. The van der Waals surface area contributed by atoms with Gasteiger partial charge in [-0.15, -0.1) is 0 Å². The Bertz CT molecular complexity index is 193. The van der Waals surface area contributed by atoms with Crippen LogP contribution in [0.5, 0.6) is 0 Å². The number of carbonyl (C=O) groups is 1. The molecule has 0 aromatic heterocycles. The molecule has 0 saturated carbocycles. The van der Waals surface area contributed by atoms with Crippen molar-refractivity contribution in [1.82, 2.24) is 10.2 Å². The van der Waals surface area contributed by atoms with Gasteiger partial charge in [-0.05, 0) is 19.4 Å². The van der Waals surface area contributed by atoms with Gasteiger partial charge >= 0.3 is 0 Å². The SMILES string of the molecule is O=C(C1CCCCCN1)N(CCO)CCO. The lowest BCUT2D eigenvalue weighted by atomic mass is 10.1. The first kappa shape index (κ1) is 13.4. The van der Waals surface area contributed by atoms with E-state index in [-0.39, 0.29) is 25.2 Å². The molecule has 0 spiro atoms. The van der Waals surface area contributed by atoms with Crippen LogP contribution in [-0.4, -0.2) is 59.9 Å². The average molecular weight is 230 g/mol. The van der Waals surface area contributed by atoms with Crippen molar-refractivity contribution < 1.29 is 15.0 Å². The van der Waals surface area contributed by atoms with Gasteiger partial charge in [-0.1, -0.05) is 12.8 Å². The first-order chi connectivity index (χ1) is 7.79. The minimum absolute atomic E-state index is 0.00463. The van der Waals surface area contributed by atoms with Gasteiger partial charge in [0.15, 0.2) is 0 Å². The van der Waals surface area contributed by atoms with Crippen LogP contribution in [0.1, 0.15) is 25.7 Å². The zero-order chi connectivity index (χ0) is 11.8. The first-order valence-corrected chi connectivity index (χ1v) is 6.03. The van der Waals surface area contributed by atoms with Gasteiger partial charge in [0.2, 0.25) is 5.91 Å². The predicted molar refractivity (Wildman–Crippen MR) is 61.0 cm³/mol. The lowest BCUT2D eigenvalue weighted by Gasteiger charge is -2.26. The largest absolute Gasteiger partial charge is 0.395 e. The van der Waals surface area contributed by atoms with Crippen LogP contribution >= 0.6 is 0 Å². The van der Waals surface area contributed by atoms with Crippen LogP contribution in [0.2, 0.25) is 0 Å². The Labute approximate surface area is 96.4 Å².